The molecule has 0 aliphatic carbocycles. The average molecular weight is 357 g/mol. The summed E-state index contributed by atoms with van der Waals surface area (Å²) in [6, 6.07) is 9.75. The Hall–Kier alpha value is -2.34. The van der Waals surface area contributed by atoms with Gasteiger partial charge in [-0.1, -0.05) is 32.0 Å². The fraction of sp³-hybridized carbons (Fsp3) is 0.500. The second-order valence-electron chi connectivity index (χ2n) is 7.08. The number of carbonyl (C=O) groups is 1. The van der Waals surface area contributed by atoms with Crippen molar-refractivity contribution in [2.45, 2.75) is 32.8 Å². The van der Waals surface area contributed by atoms with E-state index in [1.807, 2.05) is 35.2 Å². The zero-order valence-electron chi connectivity index (χ0n) is 15.7. The van der Waals surface area contributed by atoms with Crippen LogP contribution in [0.25, 0.3) is 5.69 Å². The lowest BCUT2D eigenvalue weighted by Crippen LogP contribution is -2.43. The van der Waals surface area contributed by atoms with Gasteiger partial charge in [-0.2, -0.15) is 5.10 Å². The van der Waals surface area contributed by atoms with Crippen LogP contribution in [-0.2, 0) is 4.74 Å². The number of hydrogen-bond donors (Lipinski definition) is 0. The third-order valence-corrected chi connectivity index (χ3v) is 4.47. The van der Waals surface area contributed by atoms with Crippen molar-refractivity contribution >= 4 is 5.91 Å². The topological polar surface area (TPSA) is 56.6 Å². The number of carbonyl (C=O) groups excluding carboxylic acids is 1. The summed E-state index contributed by atoms with van der Waals surface area (Å²) in [4.78, 5) is 14.9. The Labute approximate surface area is 154 Å². The fourth-order valence-electron chi connectivity index (χ4n) is 3.05. The molecule has 2 aromatic rings. The highest BCUT2D eigenvalue weighted by molar-refractivity contribution is 5.95. The van der Waals surface area contributed by atoms with Crippen LogP contribution in [0.5, 0.6) is 5.75 Å². The number of aromatic nitrogens is 2. The van der Waals surface area contributed by atoms with Gasteiger partial charge in [0.15, 0.2) is 11.4 Å². The van der Waals surface area contributed by atoms with Crippen LogP contribution in [0.3, 0.4) is 0 Å². The molecule has 0 N–H and O–H groups in total. The van der Waals surface area contributed by atoms with Gasteiger partial charge in [0.25, 0.3) is 5.91 Å². The summed E-state index contributed by atoms with van der Waals surface area (Å²) in [5.74, 6) is 0.804. The van der Waals surface area contributed by atoms with Crippen LogP contribution >= 0.6 is 0 Å². The second-order valence-corrected chi connectivity index (χ2v) is 7.08. The Morgan fingerprint density at radius 1 is 1.31 bits per heavy atom. The van der Waals surface area contributed by atoms with Crippen LogP contribution in [0, 0.1) is 5.92 Å². The lowest BCUT2D eigenvalue weighted by molar-refractivity contribution is 0.0263. The van der Waals surface area contributed by atoms with Crippen molar-refractivity contribution in [2.24, 2.45) is 5.92 Å². The number of rotatable bonds is 6. The van der Waals surface area contributed by atoms with Gasteiger partial charge in [-0.05, 0) is 30.9 Å². The summed E-state index contributed by atoms with van der Waals surface area (Å²) in [7, 11) is 1.69. The van der Waals surface area contributed by atoms with Gasteiger partial charge in [-0.15, -0.1) is 0 Å². The van der Waals surface area contributed by atoms with Crippen molar-refractivity contribution in [3.63, 3.8) is 0 Å². The summed E-state index contributed by atoms with van der Waals surface area (Å²) < 4.78 is 13.1. The number of nitrogens with zero attached hydrogens (tertiary/aromatic N) is 3. The molecule has 1 amide bonds. The number of methoxy groups -OCH3 is 1. The maximum Gasteiger partial charge on any atom is 0.278 e. The SMILES string of the molecule is CO[C@H]1CCCN(C(=O)c2nn(-c3ccccc3)cc2OCC(C)C)C1. The monoisotopic (exact) mass is 357 g/mol. The van der Waals surface area contributed by atoms with Crippen molar-refractivity contribution in [2.75, 3.05) is 26.8 Å². The normalized spacial score (nSPS) is 17.5. The van der Waals surface area contributed by atoms with E-state index in [1.54, 1.807) is 18.0 Å². The zero-order valence-corrected chi connectivity index (χ0v) is 15.7. The van der Waals surface area contributed by atoms with Gasteiger partial charge in [0.2, 0.25) is 0 Å². The van der Waals surface area contributed by atoms with E-state index in [0.29, 0.717) is 30.5 Å². The number of piperidine rings is 1. The minimum Gasteiger partial charge on any atom is -0.489 e. The summed E-state index contributed by atoms with van der Waals surface area (Å²) in [5, 5.41) is 4.54. The third-order valence-electron chi connectivity index (χ3n) is 4.47. The van der Waals surface area contributed by atoms with Crippen LogP contribution in [0.4, 0.5) is 0 Å². The van der Waals surface area contributed by atoms with E-state index in [1.165, 1.54) is 0 Å². The molecule has 3 rings (SSSR count). The number of hydrogen-bond acceptors (Lipinski definition) is 4. The van der Waals surface area contributed by atoms with Crippen LogP contribution < -0.4 is 4.74 Å². The van der Waals surface area contributed by atoms with Gasteiger partial charge in [0.05, 0.1) is 24.6 Å². The summed E-state index contributed by atoms with van der Waals surface area (Å²) in [5.41, 5.74) is 1.26. The first kappa shape index (κ1) is 18.5. The Morgan fingerprint density at radius 3 is 2.77 bits per heavy atom. The van der Waals surface area contributed by atoms with Gasteiger partial charge in [-0.25, -0.2) is 4.68 Å². The standard InChI is InChI=1S/C20H27N3O3/c1-15(2)14-26-18-13-23(16-8-5-4-6-9-16)21-19(18)20(24)22-11-7-10-17(12-22)25-3/h4-6,8-9,13,15,17H,7,10-12,14H2,1-3H3/t17-/m0/s1. The smallest absolute Gasteiger partial charge is 0.278 e. The van der Waals surface area contributed by atoms with Crippen LogP contribution in [0.15, 0.2) is 36.5 Å². The predicted octanol–water partition coefficient (Wildman–Crippen LogP) is 3.16. The van der Waals surface area contributed by atoms with Crippen molar-refractivity contribution in [3.8, 4) is 11.4 Å². The number of para-hydroxylation sites is 1. The van der Waals surface area contributed by atoms with E-state index >= 15 is 0 Å². The van der Waals surface area contributed by atoms with E-state index < -0.39 is 0 Å². The van der Waals surface area contributed by atoms with E-state index in [0.717, 1.165) is 25.1 Å². The molecular weight excluding hydrogens is 330 g/mol. The number of amides is 1. The molecule has 0 bridgehead atoms. The first-order valence-electron chi connectivity index (χ1n) is 9.18. The molecule has 0 radical (unpaired) electrons. The summed E-state index contributed by atoms with van der Waals surface area (Å²) in [6.45, 7) is 6.02. The van der Waals surface area contributed by atoms with Gasteiger partial charge in [0.1, 0.15) is 0 Å². The van der Waals surface area contributed by atoms with Crippen LogP contribution in [-0.4, -0.2) is 53.5 Å². The minimum absolute atomic E-state index is 0.0870. The van der Waals surface area contributed by atoms with Crippen LogP contribution in [0.1, 0.15) is 37.2 Å². The molecular formula is C20H27N3O3. The van der Waals surface area contributed by atoms with Gasteiger partial charge >= 0.3 is 0 Å². The Morgan fingerprint density at radius 2 is 2.08 bits per heavy atom. The van der Waals surface area contributed by atoms with Gasteiger partial charge in [0, 0.05) is 20.2 Å². The minimum atomic E-state index is -0.0970. The van der Waals surface area contributed by atoms with Crippen molar-refractivity contribution in [3.05, 3.63) is 42.2 Å². The Bertz CT molecular complexity index is 727. The first-order valence-corrected chi connectivity index (χ1v) is 9.18. The van der Waals surface area contributed by atoms with Crippen LogP contribution in [0.2, 0.25) is 0 Å². The zero-order chi connectivity index (χ0) is 18.5. The maximum atomic E-state index is 13.1. The first-order chi connectivity index (χ1) is 12.6. The average Bonchev–Trinajstić information content (AvgIpc) is 3.10. The highest BCUT2D eigenvalue weighted by Gasteiger charge is 2.29. The molecule has 2 heterocycles. The quantitative estimate of drug-likeness (QED) is 0.797. The van der Waals surface area contributed by atoms with E-state index in [-0.39, 0.29) is 12.0 Å². The lowest BCUT2D eigenvalue weighted by atomic mass is 10.1. The van der Waals surface area contributed by atoms with Crippen molar-refractivity contribution in [1.29, 1.82) is 0 Å². The van der Waals surface area contributed by atoms with Gasteiger partial charge < -0.3 is 14.4 Å². The van der Waals surface area contributed by atoms with E-state index in [9.17, 15) is 4.79 Å². The number of likely N-dealkylation sites (tertiary alicyclic amines) is 1. The third kappa shape index (κ3) is 4.25. The molecule has 26 heavy (non-hydrogen) atoms. The Balaban J connectivity index is 1.88. The molecule has 6 heteroatoms. The van der Waals surface area contributed by atoms with E-state index in [4.69, 9.17) is 9.47 Å². The fourth-order valence-corrected chi connectivity index (χ4v) is 3.05. The molecule has 1 aliphatic heterocycles. The molecule has 0 saturated carbocycles. The molecule has 140 valence electrons. The highest BCUT2D eigenvalue weighted by atomic mass is 16.5. The second kappa shape index (κ2) is 8.36. The van der Waals surface area contributed by atoms with Crippen molar-refractivity contribution < 1.29 is 14.3 Å². The molecule has 1 aromatic carbocycles. The molecule has 1 atom stereocenters. The van der Waals surface area contributed by atoms with E-state index in [2.05, 4.69) is 18.9 Å². The summed E-state index contributed by atoms with van der Waals surface area (Å²) in [6.07, 6.45) is 3.80. The molecule has 6 nitrogen and oxygen atoms in total. The summed E-state index contributed by atoms with van der Waals surface area (Å²) >= 11 is 0. The highest BCUT2D eigenvalue weighted by Crippen LogP contribution is 2.24. The largest absolute Gasteiger partial charge is 0.489 e. The van der Waals surface area contributed by atoms with Crippen molar-refractivity contribution in [1.82, 2.24) is 14.7 Å². The molecule has 0 spiro atoms. The predicted molar refractivity (Wildman–Crippen MR) is 99.8 cm³/mol. The number of benzene rings is 1. The number of ether oxygens (including phenoxy) is 2. The lowest BCUT2D eigenvalue weighted by Gasteiger charge is -2.31. The van der Waals surface area contributed by atoms with Gasteiger partial charge in [-0.3, -0.25) is 4.79 Å². The molecule has 1 aliphatic rings. The molecule has 1 fully saturated rings. The Kier molecular flexibility index (Phi) is 5.93. The molecule has 1 saturated heterocycles. The molecule has 0 unspecified atom stereocenters. The molecule has 1 aromatic heterocycles. The maximum absolute atomic E-state index is 13.1.